The Morgan fingerprint density at radius 3 is 1.73 bits per heavy atom. The van der Waals surface area contributed by atoms with Crippen LogP contribution in [0.15, 0.2) is 42.6 Å². The maximum atomic E-state index is 11.0. The first-order chi connectivity index (χ1) is 18.9. The zero-order chi connectivity index (χ0) is 30.5. The van der Waals surface area contributed by atoms with Crippen molar-refractivity contribution in [3.05, 3.63) is 58.3 Å². The predicted octanol–water partition coefficient (Wildman–Crippen LogP) is 4.62. The molecule has 12 heteroatoms. The first-order valence-corrected chi connectivity index (χ1v) is 13.8. The predicted molar refractivity (Wildman–Crippen MR) is 160 cm³/mol. The number of nitrogens with zero attached hydrogens (tertiary/aromatic N) is 3. The summed E-state index contributed by atoms with van der Waals surface area (Å²) >= 11 is 0. The van der Waals surface area contributed by atoms with E-state index in [0.29, 0.717) is 17.8 Å². The van der Waals surface area contributed by atoms with Crippen molar-refractivity contribution in [3.8, 4) is 0 Å². The molecule has 3 heterocycles. The number of benzene rings is 2. The summed E-state index contributed by atoms with van der Waals surface area (Å²) in [5.41, 5.74) is 0.661. The fraction of sp³-hybridized carbons (Fsp3) is 0.517. The van der Waals surface area contributed by atoms with Crippen LogP contribution < -0.4 is 10.9 Å². The van der Waals surface area contributed by atoms with Crippen molar-refractivity contribution in [1.82, 2.24) is 9.78 Å². The van der Waals surface area contributed by atoms with Crippen LogP contribution in [0, 0.1) is 10.1 Å². The lowest BCUT2D eigenvalue weighted by atomic mass is 9.78. The highest BCUT2D eigenvalue weighted by molar-refractivity contribution is 6.62. The first kappa shape index (κ1) is 30.9. The molecule has 10 nitrogen and oxygen atoms in total. The van der Waals surface area contributed by atoms with Gasteiger partial charge in [0.1, 0.15) is 0 Å². The van der Waals surface area contributed by atoms with Crippen LogP contribution in [0.3, 0.4) is 0 Å². The molecule has 2 saturated heterocycles. The minimum atomic E-state index is -0.681. The standard InChI is InChI=1S/C16H23BN2O2.C13H16BNO5/c1-11(2)19-10-12-7-8-13(9-14(12)18-19)17-20-15(3,4)16(5,6)21-17;1-12(2)13(3,4)20-14(19-12)10-6-5-9(8-16)11(7-10)15(17)18/h7-11H,1-6H3;5-8H,1-4H3. The summed E-state index contributed by atoms with van der Waals surface area (Å²) in [6.07, 6.45) is 2.54. The number of aromatic nitrogens is 2. The van der Waals surface area contributed by atoms with E-state index in [2.05, 4.69) is 71.0 Å². The van der Waals surface area contributed by atoms with Gasteiger partial charge in [0.05, 0.1) is 38.4 Å². The SMILES string of the molecule is CC(C)n1cc2ccc(B3OC(C)(C)C(C)(C)O3)cc2n1.CC1(C)OB(c2ccc(C=O)c([N+](=O)[O-])c2)OC1(C)C. The smallest absolute Gasteiger partial charge is 0.399 e. The summed E-state index contributed by atoms with van der Waals surface area (Å²) in [5, 5.41) is 16.7. The van der Waals surface area contributed by atoms with Crippen molar-refractivity contribution >= 4 is 48.0 Å². The van der Waals surface area contributed by atoms with Crippen LogP contribution in [0.25, 0.3) is 10.9 Å². The molecule has 0 spiro atoms. The molecule has 0 atom stereocenters. The molecule has 0 aliphatic carbocycles. The van der Waals surface area contributed by atoms with Gasteiger partial charge in [0, 0.05) is 23.7 Å². The van der Waals surface area contributed by atoms with Crippen LogP contribution in [0.1, 0.15) is 85.6 Å². The molecule has 3 aromatic rings. The second kappa shape index (κ2) is 10.7. The van der Waals surface area contributed by atoms with Crippen LogP contribution in [0.2, 0.25) is 0 Å². The normalized spacial score (nSPS) is 20.3. The van der Waals surface area contributed by atoms with E-state index in [1.165, 1.54) is 12.1 Å². The van der Waals surface area contributed by atoms with E-state index in [9.17, 15) is 14.9 Å². The Morgan fingerprint density at radius 1 is 0.829 bits per heavy atom. The van der Waals surface area contributed by atoms with Gasteiger partial charge < -0.3 is 18.6 Å². The van der Waals surface area contributed by atoms with E-state index < -0.39 is 23.2 Å². The molecular formula is C29H39B2N3O7. The molecule has 41 heavy (non-hydrogen) atoms. The summed E-state index contributed by atoms with van der Waals surface area (Å²) in [6, 6.07) is 10.9. The van der Waals surface area contributed by atoms with Gasteiger partial charge in [-0.2, -0.15) is 5.10 Å². The van der Waals surface area contributed by atoms with E-state index in [-0.39, 0.29) is 29.6 Å². The van der Waals surface area contributed by atoms with E-state index in [1.54, 1.807) is 6.07 Å². The molecule has 2 aromatic carbocycles. The Morgan fingerprint density at radius 2 is 1.29 bits per heavy atom. The molecule has 0 bridgehead atoms. The summed E-state index contributed by atoms with van der Waals surface area (Å²) in [6.45, 7) is 20.1. The molecule has 0 radical (unpaired) electrons. The fourth-order valence-electron chi connectivity index (χ4n) is 4.39. The molecular weight excluding hydrogens is 524 g/mol. The largest absolute Gasteiger partial charge is 0.495 e. The first-order valence-electron chi connectivity index (χ1n) is 13.8. The molecule has 0 saturated carbocycles. The lowest BCUT2D eigenvalue weighted by Crippen LogP contribution is -2.41. The topological polar surface area (TPSA) is 115 Å². The molecule has 0 N–H and O–H groups in total. The lowest BCUT2D eigenvalue weighted by molar-refractivity contribution is -0.385. The van der Waals surface area contributed by atoms with Crippen molar-refractivity contribution in [1.29, 1.82) is 0 Å². The highest BCUT2D eigenvalue weighted by Crippen LogP contribution is 2.37. The molecule has 0 amide bonds. The third-order valence-corrected chi connectivity index (χ3v) is 8.51. The van der Waals surface area contributed by atoms with Crippen LogP contribution in [0.4, 0.5) is 5.69 Å². The van der Waals surface area contributed by atoms with E-state index >= 15 is 0 Å². The van der Waals surface area contributed by atoms with Crippen LogP contribution in [0.5, 0.6) is 0 Å². The van der Waals surface area contributed by atoms with Crippen molar-refractivity contribution < 1.29 is 28.3 Å². The highest BCUT2D eigenvalue weighted by atomic mass is 16.7. The van der Waals surface area contributed by atoms with E-state index in [4.69, 9.17) is 18.6 Å². The molecule has 1 aromatic heterocycles. The maximum Gasteiger partial charge on any atom is 0.495 e. The summed E-state index contributed by atoms with van der Waals surface area (Å²) in [4.78, 5) is 21.2. The molecule has 2 aliphatic heterocycles. The average molecular weight is 563 g/mol. The zero-order valence-electron chi connectivity index (χ0n) is 25.6. The van der Waals surface area contributed by atoms with Crippen LogP contribution in [-0.4, -0.2) is 57.6 Å². The maximum absolute atomic E-state index is 11.0. The van der Waals surface area contributed by atoms with Gasteiger partial charge in [-0.05, 0) is 92.3 Å². The summed E-state index contributed by atoms with van der Waals surface area (Å²) in [5.74, 6) is 0. The number of carbonyl (C=O) groups excluding carboxylic acids is 1. The van der Waals surface area contributed by atoms with Crippen LogP contribution >= 0.6 is 0 Å². The number of hydrogen-bond acceptors (Lipinski definition) is 8. The second-order valence-corrected chi connectivity index (χ2v) is 12.9. The monoisotopic (exact) mass is 563 g/mol. The van der Waals surface area contributed by atoms with Gasteiger partial charge in [-0.3, -0.25) is 19.6 Å². The fourth-order valence-corrected chi connectivity index (χ4v) is 4.39. The minimum absolute atomic E-state index is 0.0373. The third kappa shape index (κ3) is 5.97. The van der Waals surface area contributed by atoms with E-state index in [0.717, 1.165) is 16.4 Å². The Kier molecular flexibility index (Phi) is 8.03. The van der Waals surface area contributed by atoms with Gasteiger partial charge >= 0.3 is 14.2 Å². The van der Waals surface area contributed by atoms with Gasteiger partial charge in [0.25, 0.3) is 5.69 Å². The number of hydrogen-bond donors (Lipinski definition) is 0. The van der Waals surface area contributed by atoms with Crippen molar-refractivity contribution in [2.45, 2.75) is 97.7 Å². The molecule has 2 aliphatic rings. The average Bonchev–Trinajstić information content (AvgIpc) is 3.47. The molecule has 2 fully saturated rings. The van der Waals surface area contributed by atoms with Crippen LogP contribution in [-0.2, 0) is 18.6 Å². The van der Waals surface area contributed by atoms with Gasteiger partial charge in [-0.15, -0.1) is 0 Å². The van der Waals surface area contributed by atoms with Gasteiger partial charge in [0.2, 0.25) is 0 Å². The number of rotatable bonds is 5. The van der Waals surface area contributed by atoms with Gasteiger partial charge in [-0.1, -0.05) is 18.2 Å². The van der Waals surface area contributed by atoms with Gasteiger partial charge in [-0.25, -0.2) is 0 Å². The molecule has 5 rings (SSSR count). The minimum Gasteiger partial charge on any atom is -0.399 e. The summed E-state index contributed by atoms with van der Waals surface area (Å²) in [7, 11) is -1.01. The third-order valence-electron chi connectivity index (χ3n) is 8.51. The van der Waals surface area contributed by atoms with Crippen molar-refractivity contribution in [2.75, 3.05) is 0 Å². The Labute approximate surface area is 242 Å². The van der Waals surface area contributed by atoms with E-state index in [1.807, 2.05) is 32.4 Å². The second-order valence-electron chi connectivity index (χ2n) is 12.9. The Balaban J connectivity index is 0.000000189. The Hall–Kier alpha value is -3.05. The number of carbonyl (C=O) groups is 1. The quantitative estimate of drug-likeness (QED) is 0.191. The Bertz CT molecular complexity index is 1430. The zero-order valence-corrected chi connectivity index (χ0v) is 25.6. The number of nitro benzene ring substituents is 1. The molecule has 218 valence electrons. The number of nitro groups is 1. The lowest BCUT2D eigenvalue weighted by Gasteiger charge is -2.32. The number of aldehydes is 1. The summed E-state index contributed by atoms with van der Waals surface area (Å²) < 4.78 is 25.8. The van der Waals surface area contributed by atoms with Crippen molar-refractivity contribution in [2.24, 2.45) is 0 Å². The highest BCUT2D eigenvalue weighted by Gasteiger charge is 2.52. The number of fused-ring (bicyclic) bond motifs is 1. The van der Waals surface area contributed by atoms with Crippen molar-refractivity contribution in [3.63, 3.8) is 0 Å². The molecule has 0 unspecified atom stereocenters. The van der Waals surface area contributed by atoms with Gasteiger partial charge in [0.15, 0.2) is 6.29 Å².